The summed E-state index contributed by atoms with van der Waals surface area (Å²) in [6.45, 7) is 7.13. The number of ether oxygens (including phenoxy) is 1. The number of hydrogen-bond acceptors (Lipinski definition) is 3. The van der Waals surface area contributed by atoms with Crippen LogP contribution in [0.2, 0.25) is 0 Å². The summed E-state index contributed by atoms with van der Waals surface area (Å²) in [5.41, 5.74) is 0. The van der Waals surface area contributed by atoms with Crippen molar-refractivity contribution >= 4 is 5.97 Å². The van der Waals surface area contributed by atoms with Crippen LogP contribution in [0.3, 0.4) is 0 Å². The van der Waals surface area contributed by atoms with Crippen molar-refractivity contribution in [2.75, 3.05) is 26.7 Å². The number of unbranched alkanes of at least 4 members (excludes halogenated alkanes) is 30. The van der Waals surface area contributed by atoms with Gasteiger partial charge < -0.3 is 9.64 Å². The molecule has 0 heterocycles. The van der Waals surface area contributed by atoms with Gasteiger partial charge in [0.05, 0.1) is 13.0 Å². The maximum atomic E-state index is 12.1. The van der Waals surface area contributed by atoms with Gasteiger partial charge in [-0.05, 0) is 26.4 Å². The van der Waals surface area contributed by atoms with E-state index >= 15 is 0 Å². The predicted octanol–water partition coefficient (Wildman–Crippen LogP) is 13.4. The number of hydrogen-bond donors (Lipinski definition) is 0. The summed E-state index contributed by atoms with van der Waals surface area (Å²) in [6.07, 6.45) is 45.0. The number of carbonyl (C=O) groups is 1. The Morgan fingerprint density at radius 3 is 1.00 bits per heavy atom. The molecule has 0 atom stereocenters. The molecule has 0 aliphatic carbocycles. The van der Waals surface area contributed by atoms with Crippen LogP contribution >= 0.6 is 0 Å². The summed E-state index contributed by atoms with van der Waals surface area (Å²) in [7, 11) is 2.15. The van der Waals surface area contributed by atoms with Crippen molar-refractivity contribution in [3.8, 4) is 0 Å². The van der Waals surface area contributed by atoms with Crippen molar-refractivity contribution in [3.05, 3.63) is 0 Å². The van der Waals surface area contributed by atoms with E-state index in [2.05, 4.69) is 25.8 Å². The van der Waals surface area contributed by atoms with Gasteiger partial charge in [-0.3, -0.25) is 4.79 Å². The van der Waals surface area contributed by atoms with Crippen LogP contribution in [0.5, 0.6) is 0 Å². The first kappa shape index (κ1) is 42.4. The minimum absolute atomic E-state index is 0.0141. The van der Waals surface area contributed by atoms with Gasteiger partial charge in [0.2, 0.25) is 0 Å². The molecule has 3 heteroatoms. The van der Waals surface area contributed by atoms with Gasteiger partial charge in [0, 0.05) is 6.54 Å². The van der Waals surface area contributed by atoms with Crippen LogP contribution in [-0.4, -0.2) is 37.6 Å². The van der Waals surface area contributed by atoms with Crippen molar-refractivity contribution in [3.63, 3.8) is 0 Å². The van der Waals surface area contributed by atoms with Gasteiger partial charge in [0.15, 0.2) is 0 Å². The second kappa shape index (κ2) is 37.6. The molecule has 0 aromatic heterocycles. The highest BCUT2D eigenvalue weighted by Gasteiger charge is 2.06. The lowest BCUT2D eigenvalue weighted by Gasteiger charge is -2.16. The molecule has 0 N–H and O–H groups in total. The Kier molecular flexibility index (Phi) is 37.1. The van der Waals surface area contributed by atoms with Gasteiger partial charge in [-0.25, -0.2) is 0 Å². The van der Waals surface area contributed by atoms with Gasteiger partial charge in [-0.1, -0.05) is 206 Å². The molecule has 0 aromatic carbocycles. The Hall–Kier alpha value is -0.570. The van der Waals surface area contributed by atoms with Crippen molar-refractivity contribution in [2.45, 2.75) is 226 Å². The molecule has 0 aliphatic heterocycles. The lowest BCUT2D eigenvalue weighted by molar-refractivity contribution is -0.144. The normalized spacial score (nSPS) is 11.5. The van der Waals surface area contributed by atoms with Crippen LogP contribution in [0.25, 0.3) is 0 Å². The standard InChI is InChI=1S/C40H81NO2/c1-4-6-8-10-12-14-16-18-20-22-24-26-28-30-32-34-37-41(3)38-36-40(42)43-39-35-33-31-29-27-25-23-21-19-17-15-13-11-9-7-5-2/h4-39H2,1-3H3. The van der Waals surface area contributed by atoms with E-state index in [1.165, 1.54) is 199 Å². The Labute approximate surface area is 272 Å². The fourth-order valence-corrected chi connectivity index (χ4v) is 6.23. The Balaban J connectivity index is 3.25. The van der Waals surface area contributed by atoms with Gasteiger partial charge >= 0.3 is 5.97 Å². The fourth-order valence-electron chi connectivity index (χ4n) is 6.23. The third-order valence-corrected chi connectivity index (χ3v) is 9.35. The second-order valence-corrected chi connectivity index (χ2v) is 13.9. The largest absolute Gasteiger partial charge is 0.466 e. The van der Waals surface area contributed by atoms with E-state index in [1.807, 2.05) is 0 Å². The molecule has 0 amide bonds. The Bertz CT molecular complexity index is 523. The van der Waals surface area contributed by atoms with Crippen LogP contribution < -0.4 is 0 Å². The zero-order chi connectivity index (χ0) is 31.3. The van der Waals surface area contributed by atoms with Crippen LogP contribution in [0.4, 0.5) is 0 Å². The highest BCUT2D eigenvalue weighted by Crippen LogP contribution is 2.15. The minimum Gasteiger partial charge on any atom is -0.466 e. The zero-order valence-corrected chi connectivity index (χ0v) is 30.2. The van der Waals surface area contributed by atoms with Crippen LogP contribution in [0, 0.1) is 0 Å². The molecule has 0 aliphatic rings. The molecule has 0 saturated carbocycles. The fraction of sp³-hybridized carbons (Fsp3) is 0.975. The maximum absolute atomic E-state index is 12.1. The molecule has 0 fully saturated rings. The van der Waals surface area contributed by atoms with E-state index in [0.717, 1.165) is 19.5 Å². The zero-order valence-electron chi connectivity index (χ0n) is 30.2. The summed E-state index contributed by atoms with van der Waals surface area (Å²) < 4.78 is 5.48. The molecule has 0 unspecified atom stereocenters. The minimum atomic E-state index is -0.0141. The van der Waals surface area contributed by atoms with Gasteiger partial charge in [-0.15, -0.1) is 0 Å². The molecule has 0 bridgehead atoms. The highest BCUT2D eigenvalue weighted by atomic mass is 16.5. The van der Waals surface area contributed by atoms with E-state index in [1.54, 1.807) is 0 Å². The topological polar surface area (TPSA) is 29.5 Å². The van der Waals surface area contributed by atoms with E-state index in [-0.39, 0.29) is 5.97 Å². The summed E-state index contributed by atoms with van der Waals surface area (Å²) in [6, 6.07) is 0. The van der Waals surface area contributed by atoms with E-state index < -0.39 is 0 Å². The third kappa shape index (κ3) is 37.5. The Morgan fingerprint density at radius 2 is 0.674 bits per heavy atom. The van der Waals surface area contributed by atoms with Crippen molar-refractivity contribution in [1.29, 1.82) is 0 Å². The molecule has 3 nitrogen and oxygen atoms in total. The number of rotatable bonds is 37. The highest BCUT2D eigenvalue weighted by molar-refractivity contribution is 5.69. The van der Waals surface area contributed by atoms with E-state index in [0.29, 0.717) is 13.0 Å². The summed E-state index contributed by atoms with van der Waals surface area (Å²) in [5.74, 6) is -0.0141. The molecule has 0 spiro atoms. The first-order valence-electron chi connectivity index (χ1n) is 20.0. The quantitative estimate of drug-likeness (QED) is 0.0519. The second-order valence-electron chi connectivity index (χ2n) is 13.9. The molecular weight excluding hydrogens is 526 g/mol. The molecule has 0 rings (SSSR count). The monoisotopic (exact) mass is 608 g/mol. The van der Waals surface area contributed by atoms with Gasteiger partial charge in [-0.2, -0.15) is 0 Å². The number of nitrogens with zero attached hydrogens (tertiary/aromatic N) is 1. The first-order chi connectivity index (χ1) is 21.2. The smallest absolute Gasteiger partial charge is 0.307 e. The van der Waals surface area contributed by atoms with E-state index in [9.17, 15) is 4.79 Å². The third-order valence-electron chi connectivity index (χ3n) is 9.35. The number of carbonyl (C=O) groups excluding carboxylic acids is 1. The molecule has 43 heavy (non-hydrogen) atoms. The SMILES string of the molecule is CCCCCCCCCCCCCCCCCCOC(=O)CCN(C)CCCCCCCCCCCCCCCCCC. The van der Waals surface area contributed by atoms with Crippen LogP contribution in [-0.2, 0) is 9.53 Å². The Morgan fingerprint density at radius 1 is 0.395 bits per heavy atom. The van der Waals surface area contributed by atoms with Crippen molar-refractivity contribution in [1.82, 2.24) is 4.90 Å². The molecule has 0 radical (unpaired) electrons. The lowest BCUT2D eigenvalue weighted by Crippen LogP contribution is -2.23. The van der Waals surface area contributed by atoms with Crippen molar-refractivity contribution < 1.29 is 9.53 Å². The molecule has 0 aromatic rings. The predicted molar refractivity (Wildman–Crippen MR) is 192 cm³/mol. The maximum Gasteiger partial charge on any atom is 0.307 e. The number of esters is 1. The molecular formula is C40H81NO2. The lowest BCUT2D eigenvalue weighted by atomic mass is 10.0. The average Bonchev–Trinajstić information content (AvgIpc) is 3.01. The summed E-state index contributed by atoms with van der Waals surface area (Å²) in [4.78, 5) is 14.4. The summed E-state index contributed by atoms with van der Waals surface area (Å²) >= 11 is 0. The molecule has 258 valence electrons. The van der Waals surface area contributed by atoms with Crippen molar-refractivity contribution in [2.24, 2.45) is 0 Å². The van der Waals surface area contributed by atoms with Crippen LogP contribution in [0.1, 0.15) is 226 Å². The van der Waals surface area contributed by atoms with Gasteiger partial charge in [0.25, 0.3) is 0 Å². The van der Waals surface area contributed by atoms with Crippen LogP contribution in [0.15, 0.2) is 0 Å². The van der Waals surface area contributed by atoms with Gasteiger partial charge in [0.1, 0.15) is 0 Å². The molecule has 0 saturated heterocycles. The van der Waals surface area contributed by atoms with E-state index in [4.69, 9.17) is 4.74 Å². The first-order valence-corrected chi connectivity index (χ1v) is 20.0. The average molecular weight is 608 g/mol. The summed E-state index contributed by atoms with van der Waals surface area (Å²) in [5, 5.41) is 0.